The second-order valence-electron chi connectivity index (χ2n) is 6.61. The van der Waals surface area contributed by atoms with Crippen molar-refractivity contribution in [1.82, 2.24) is 9.62 Å². The van der Waals surface area contributed by atoms with E-state index in [1.807, 2.05) is 24.3 Å². The first-order chi connectivity index (χ1) is 13.7. The van der Waals surface area contributed by atoms with E-state index in [1.165, 1.54) is 10.6 Å². The minimum Gasteiger partial charge on any atom is -0.369 e. The summed E-state index contributed by atoms with van der Waals surface area (Å²) >= 11 is 8.55. The molecule has 0 aliphatic carbocycles. The van der Waals surface area contributed by atoms with Crippen LogP contribution in [0, 0.1) is 0 Å². The molecule has 3 rings (SSSR count). The number of rotatable bonds is 4. The van der Waals surface area contributed by atoms with Gasteiger partial charge < -0.3 is 10.2 Å². The molecule has 2 aromatic carbocycles. The lowest BCUT2D eigenvalue weighted by atomic mass is 10.2. The molecule has 0 spiro atoms. The van der Waals surface area contributed by atoms with Crippen LogP contribution < -0.4 is 15.5 Å². The van der Waals surface area contributed by atoms with Crippen molar-refractivity contribution in [2.24, 2.45) is 0 Å². The molecule has 29 heavy (non-hydrogen) atoms. The molecule has 2 N–H and O–H groups in total. The third-order valence-corrected chi connectivity index (χ3v) is 6.57. The van der Waals surface area contributed by atoms with E-state index in [0.29, 0.717) is 31.7 Å². The van der Waals surface area contributed by atoms with Gasteiger partial charge in [0.2, 0.25) is 10.0 Å². The van der Waals surface area contributed by atoms with Gasteiger partial charge in [0.15, 0.2) is 5.11 Å². The van der Waals surface area contributed by atoms with E-state index in [1.54, 1.807) is 24.3 Å². The molecule has 2 aromatic rings. The van der Waals surface area contributed by atoms with Gasteiger partial charge in [-0.05, 0) is 60.7 Å². The maximum atomic E-state index is 12.2. The fourth-order valence-corrected chi connectivity index (χ4v) is 4.27. The monoisotopic (exact) mass is 496 g/mol. The first kappa shape index (κ1) is 21.7. The number of benzene rings is 2. The largest absolute Gasteiger partial charge is 0.369 e. The van der Waals surface area contributed by atoms with Crippen molar-refractivity contribution in [2.45, 2.75) is 0 Å². The van der Waals surface area contributed by atoms with E-state index in [-0.39, 0.29) is 11.0 Å². The predicted octanol–water partition coefficient (Wildman–Crippen LogP) is 2.66. The number of hydrogen-bond acceptors (Lipinski definition) is 5. The van der Waals surface area contributed by atoms with Crippen molar-refractivity contribution in [3.63, 3.8) is 0 Å². The van der Waals surface area contributed by atoms with Crippen molar-refractivity contribution in [1.29, 1.82) is 0 Å². The number of amides is 1. The normalized spacial score (nSPS) is 15.0. The predicted molar refractivity (Wildman–Crippen MR) is 123 cm³/mol. The first-order valence-corrected chi connectivity index (χ1v) is 12.0. The summed E-state index contributed by atoms with van der Waals surface area (Å²) in [5.41, 5.74) is 2.28. The Morgan fingerprint density at radius 3 is 2.14 bits per heavy atom. The Morgan fingerprint density at radius 2 is 1.59 bits per heavy atom. The molecule has 1 saturated heterocycles. The Hall–Kier alpha value is -2.01. The van der Waals surface area contributed by atoms with Gasteiger partial charge in [-0.25, -0.2) is 8.42 Å². The van der Waals surface area contributed by atoms with E-state index in [2.05, 4.69) is 31.5 Å². The zero-order chi connectivity index (χ0) is 21.0. The smallest absolute Gasteiger partial charge is 0.257 e. The maximum Gasteiger partial charge on any atom is 0.257 e. The van der Waals surface area contributed by atoms with E-state index in [0.717, 1.165) is 15.8 Å². The summed E-state index contributed by atoms with van der Waals surface area (Å²) in [6, 6.07) is 14.6. The highest BCUT2D eigenvalue weighted by Crippen LogP contribution is 2.20. The molecule has 0 radical (unpaired) electrons. The number of carbonyl (C=O) groups excluding carboxylic acids is 1. The van der Waals surface area contributed by atoms with Crippen LogP contribution in [0.2, 0.25) is 0 Å². The first-order valence-electron chi connectivity index (χ1n) is 8.90. The van der Waals surface area contributed by atoms with Crippen LogP contribution in [-0.4, -0.2) is 56.2 Å². The number of nitrogens with zero attached hydrogens (tertiary/aromatic N) is 2. The molecular formula is C19H21BrN4O3S2. The second kappa shape index (κ2) is 9.21. The minimum absolute atomic E-state index is 0.215. The number of anilines is 2. The van der Waals surface area contributed by atoms with Crippen LogP contribution in [0.4, 0.5) is 11.4 Å². The summed E-state index contributed by atoms with van der Waals surface area (Å²) in [4.78, 5) is 14.3. The number of sulfonamides is 1. The van der Waals surface area contributed by atoms with Crippen LogP contribution in [0.15, 0.2) is 53.0 Å². The van der Waals surface area contributed by atoms with E-state index < -0.39 is 10.0 Å². The molecule has 0 saturated carbocycles. The fraction of sp³-hybridized carbons (Fsp3) is 0.263. The Kier molecular flexibility index (Phi) is 6.89. The number of halogens is 1. The SMILES string of the molecule is CS(=O)(=O)N1CCN(c2ccc(NC(=S)NC(=O)c3ccc(Br)cc3)cc2)CC1. The molecule has 1 aliphatic heterocycles. The lowest BCUT2D eigenvalue weighted by Gasteiger charge is -2.34. The summed E-state index contributed by atoms with van der Waals surface area (Å²) in [5, 5.41) is 5.86. The Balaban J connectivity index is 1.53. The van der Waals surface area contributed by atoms with Crippen LogP contribution in [0.1, 0.15) is 10.4 Å². The highest BCUT2D eigenvalue weighted by molar-refractivity contribution is 9.10. The van der Waals surface area contributed by atoms with Crippen LogP contribution in [-0.2, 0) is 10.0 Å². The maximum absolute atomic E-state index is 12.2. The van der Waals surface area contributed by atoms with Gasteiger partial charge in [-0.15, -0.1) is 0 Å². The minimum atomic E-state index is -3.14. The lowest BCUT2D eigenvalue weighted by molar-refractivity contribution is 0.0977. The van der Waals surface area contributed by atoms with Gasteiger partial charge in [-0.2, -0.15) is 4.31 Å². The van der Waals surface area contributed by atoms with Crippen molar-refractivity contribution in [3.8, 4) is 0 Å². The number of thiocarbonyl (C=S) groups is 1. The number of carbonyl (C=O) groups is 1. The van der Waals surface area contributed by atoms with Crippen LogP contribution >= 0.6 is 28.1 Å². The molecule has 0 bridgehead atoms. The molecule has 7 nitrogen and oxygen atoms in total. The van der Waals surface area contributed by atoms with Crippen molar-refractivity contribution >= 4 is 60.6 Å². The van der Waals surface area contributed by atoms with Gasteiger partial charge >= 0.3 is 0 Å². The van der Waals surface area contributed by atoms with Gasteiger partial charge in [0.25, 0.3) is 5.91 Å². The van der Waals surface area contributed by atoms with Gasteiger partial charge in [0, 0.05) is 47.6 Å². The van der Waals surface area contributed by atoms with E-state index in [9.17, 15) is 13.2 Å². The molecule has 0 unspecified atom stereocenters. The average molecular weight is 497 g/mol. The summed E-state index contributed by atoms with van der Waals surface area (Å²) in [7, 11) is -3.14. The summed E-state index contributed by atoms with van der Waals surface area (Å²) in [6.07, 6.45) is 1.24. The third-order valence-electron chi connectivity index (χ3n) is 4.53. The molecule has 1 fully saturated rings. The summed E-state index contributed by atoms with van der Waals surface area (Å²) in [6.45, 7) is 2.24. The van der Waals surface area contributed by atoms with Crippen LogP contribution in [0.5, 0.6) is 0 Å². The van der Waals surface area contributed by atoms with Crippen molar-refractivity contribution < 1.29 is 13.2 Å². The quantitative estimate of drug-likeness (QED) is 0.633. The van der Waals surface area contributed by atoms with Crippen LogP contribution in [0.3, 0.4) is 0 Å². The van der Waals surface area contributed by atoms with Gasteiger partial charge in [0.05, 0.1) is 6.26 Å². The molecule has 0 atom stereocenters. The summed E-state index contributed by atoms with van der Waals surface area (Å²) < 4.78 is 25.6. The molecule has 1 heterocycles. The Labute approximate surface area is 184 Å². The average Bonchev–Trinajstić information content (AvgIpc) is 2.68. The standard InChI is InChI=1S/C19H21BrN4O3S2/c1-29(26,27)24-12-10-23(11-13-24)17-8-6-16(7-9-17)21-19(28)22-18(25)14-2-4-15(20)5-3-14/h2-9H,10-13H2,1H3,(H2,21,22,25,28). The molecule has 154 valence electrons. The molecular weight excluding hydrogens is 476 g/mol. The highest BCUT2D eigenvalue weighted by atomic mass is 79.9. The van der Waals surface area contributed by atoms with Gasteiger partial charge in [-0.3, -0.25) is 10.1 Å². The van der Waals surface area contributed by atoms with Crippen molar-refractivity contribution in [2.75, 3.05) is 42.7 Å². The summed E-state index contributed by atoms with van der Waals surface area (Å²) in [5.74, 6) is -0.282. The fourth-order valence-electron chi connectivity index (χ4n) is 2.97. The van der Waals surface area contributed by atoms with Gasteiger partial charge in [-0.1, -0.05) is 15.9 Å². The zero-order valence-corrected chi connectivity index (χ0v) is 19.0. The Morgan fingerprint density at radius 1 is 1.00 bits per heavy atom. The topological polar surface area (TPSA) is 81.8 Å². The number of hydrogen-bond donors (Lipinski definition) is 2. The molecule has 1 amide bonds. The molecule has 0 aromatic heterocycles. The number of nitrogens with one attached hydrogen (secondary N) is 2. The zero-order valence-electron chi connectivity index (χ0n) is 15.8. The highest BCUT2D eigenvalue weighted by Gasteiger charge is 2.23. The Bertz CT molecular complexity index is 987. The third kappa shape index (κ3) is 5.99. The van der Waals surface area contributed by atoms with E-state index >= 15 is 0 Å². The van der Waals surface area contributed by atoms with E-state index in [4.69, 9.17) is 12.2 Å². The number of piperazine rings is 1. The van der Waals surface area contributed by atoms with Gasteiger partial charge in [0.1, 0.15) is 0 Å². The van der Waals surface area contributed by atoms with Crippen molar-refractivity contribution in [3.05, 3.63) is 58.6 Å². The molecule has 1 aliphatic rings. The van der Waals surface area contributed by atoms with Crippen LogP contribution in [0.25, 0.3) is 0 Å². The lowest BCUT2D eigenvalue weighted by Crippen LogP contribution is -2.48. The molecule has 10 heteroatoms. The second-order valence-corrected chi connectivity index (χ2v) is 9.92.